The van der Waals surface area contributed by atoms with E-state index in [1.807, 2.05) is 0 Å². The fourth-order valence-corrected chi connectivity index (χ4v) is 6.33. The van der Waals surface area contributed by atoms with E-state index in [2.05, 4.69) is 80.4 Å². The highest BCUT2D eigenvalue weighted by atomic mass is 79.9. The Bertz CT molecular complexity index is 701. The summed E-state index contributed by atoms with van der Waals surface area (Å²) >= 11 is 7.12. The second kappa shape index (κ2) is 13.8. The predicted molar refractivity (Wildman–Crippen MR) is 145 cm³/mol. The molecule has 0 aromatic heterocycles. The largest absolute Gasteiger partial charge is 0.0928 e. The molecule has 0 radical (unpaired) electrons. The standard InChI is InChI=1S/C29H40Br2/c30-23-15-7-3-1-5-13-21-29(22-14-6-2-4-8-16-24-31)27-19-11-9-17-25(27)26-18-10-12-20-28(26)29/h9-12,17-20H,1-8,13-16,21-24H2. The van der Waals surface area contributed by atoms with E-state index in [0.717, 1.165) is 10.7 Å². The van der Waals surface area contributed by atoms with Gasteiger partial charge in [-0.15, -0.1) is 0 Å². The van der Waals surface area contributed by atoms with Gasteiger partial charge < -0.3 is 0 Å². The molecule has 1 aliphatic carbocycles. The Hall–Kier alpha value is -0.600. The minimum Gasteiger partial charge on any atom is -0.0928 e. The number of rotatable bonds is 16. The molecule has 0 amide bonds. The molecule has 2 heteroatoms. The van der Waals surface area contributed by atoms with Crippen LogP contribution in [0.1, 0.15) is 101 Å². The third-order valence-electron chi connectivity index (χ3n) is 7.15. The number of fused-ring (bicyclic) bond motifs is 3. The summed E-state index contributed by atoms with van der Waals surface area (Å²) in [4.78, 5) is 0. The van der Waals surface area contributed by atoms with E-state index in [1.165, 1.54) is 101 Å². The van der Waals surface area contributed by atoms with Crippen LogP contribution in [0, 0.1) is 0 Å². The summed E-state index contributed by atoms with van der Waals surface area (Å²) in [5, 5.41) is 2.31. The van der Waals surface area contributed by atoms with Gasteiger partial charge in [0.25, 0.3) is 0 Å². The van der Waals surface area contributed by atoms with Crippen LogP contribution in [0.15, 0.2) is 48.5 Å². The molecule has 0 spiro atoms. The van der Waals surface area contributed by atoms with Crippen molar-refractivity contribution in [3.63, 3.8) is 0 Å². The van der Waals surface area contributed by atoms with Crippen molar-refractivity contribution in [2.75, 3.05) is 10.7 Å². The van der Waals surface area contributed by atoms with Gasteiger partial charge in [-0.05, 0) is 47.9 Å². The molecule has 31 heavy (non-hydrogen) atoms. The summed E-state index contributed by atoms with van der Waals surface area (Å²) in [5.41, 5.74) is 6.43. The maximum atomic E-state index is 3.56. The van der Waals surface area contributed by atoms with Gasteiger partial charge in [0.2, 0.25) is 0 Å². The minimum atomic E-state index is 0.235. The van der Waals surface area contributed by atoms with Gasteiger partial charge in [-0.25, -0.2) is 0 Å². The Morgan fingerprint density at radius 2 is 0.806 bits per heavy atom. The quantitative estimate of drug-likeness (QED) is 0.145. The first kappa shape index (κ1) is 25.0. The Morgan fingerprint density at radius 1 is 0.452 bits per heavy atom. The monoisotopic (exact) mass is 546 g/mol. The van der Waals surface area contributed by atoms with Crippen molar-refractivity contribution in [1.29, 1.82) is 0 Å². The summed E-state index contributed by atoms with van der Waals surface area (Å²) in [7, 11) is 0. The van der Waals surface area contributed by atoms with Gasteiger partial charge in [-0.1, -0.05) is 145 Å². The number of benzene rings is 2. The lowest BCUT2D eigenvalue weighted by Gasteiger charge is -2.33. The number of unbranched alkanes of at least 4 members (excludes halogenated alkanes) is 10. The summed E-state index contributed by atoms with van der Waals surface area (Å²) in [6.45, 7) is 0. The maximum absolute atomic E-state index is 3.56. The van der Waals surface area contributed by atoms with Crippen LogP contribution in [-0.2, 0) is 5.41 Å². The molecular formula is C29H40Br2. The average molecular weight is 548 g/mol. The molecule has 1 aliphatic rings. The molecule has 0 heterocycles. The van der Waals surface area contributed by atoms with Crippen LogP contribution in [-0.4, -0.2) is 10.7 Å². The summed E-state index contributed by atoms with van der Waals surface area (Å²) in [5.74, 6) is 0. The Labute approximate surface area is 207 Å². The van der Waals surface area contributed by atoms with Crippen LogP contribution >= 0.6 is 31.9 Å². The van der Waals surface area contributed by atoms with Crippen LogP contribution in [0.25, 0.3) is 11.1 Å². The van der Waals surface area contributed by atoms with Crippen LogP contribution < -0.4 is 0 Å². The third kappa shape index (κ3) is 6.70. The Balaban J connectivity index is 1.68. The second-order valence-corrected chi connectivity index (χ2v) is 10.9. The topological polar surface area (TPSA) is 0 Å². The van der Waals surface area contributed by atoms with Gasteiger partial charge >= 0.3 is 0 Å². The minimum absolute atomic E-state index is 0.235. The van der Waals surface area contributed by atoms with Crippen molar-refractivity contribution in [1.82, 2.24) is 0 Å². The fraction of sp³-hybridized carbons (Fsp3) is 0.586. The first-order valence-corrected chi connectivity index (χ1v) is 14.9. The second-order valence-electron chi connectivity index (χ2n) is 9.29. The van der Waals surface area contributed by atoms with Crippen molar-refractivity contribution in [2.45, 2.75) is 95.3 Å². The Morgan fingerprint density at radius 3 is 1.23 bits per heavy atom. The maximum Gasteiger partial charge on any atom is 0.0215 e. The van der Waals surface area contributed by atoms with Crippen molar-refractivity contribution >= 4 is 31.9 Å². The molecule has 3 rings (SSSR count). The smallest absolute Gasteiger partial charge is 0.0215 e. The lowest BCUT2D eigenvalue weighted by atomic mass is 9.70. The number of hydrogen-bond acceptors (Lipinski definition) is 0. The fourth-order valence-electron chi connectivity index (χ4n) is 5.54. The molecule has 0 saturated heterocycles. The zero-order valence-corrected chi connectivity index (χ0v) is 22.4. The molecular weight excluding hydrogens is 508 g/mol. The molecule has 0 aliphatic heterocycles. The zero-order valence-electron chi connectivity index (χ0n) is 19.2. The molecule has 2 aromatic rings. The molecule has 0 bridgehead atoms. The molecule has 2 aromatic carbocycles. The molecule has 0 fully saturated rings. The predicted octanol–water partition coefficient (Wildman–Crippen LogP) is 10.2. The van der Waals surface area contributed by atoms with Crippen molar-refractivity contribution in [2.24, 2.45) is 0 Å². The van der Waals surface area contributed by atoms with Crippen LogP contribution in [0.4, 0.5) is 0 Å². The summed E-state index contributed by atoms with van der Waals surface area (Å²) < 4.78 is 0. The lowest BCUT2D eigenvalue weighted by molar-refractivity contribution is 0.398. The van der Waals surface area contributed by atoms with Gasteiger partial charge in [0.15, 0.2) is 0 Å². The van der Waals surface area contributed by atoms with Crippen LogP contribution in [0.3, 0.4) is 0 Å². The van der Waals surface area contributed by atoms with Gasteiger partial charge in [-0.3, -0.25) is 0 Å². The molecule has 0 N–H and O–H groups in total. The first-order valence-electron chi connectivity index (χ1n) is 12.6. The van der Waals surface area contributed by atoms with E-state index in [1.54, 1.807) is 11.1 Å². The van der Waals surface area contributed by atoms with Gasteiger partial charge in [0.05, 0.1) is 0 Å². The molecule has 0 nitrogen and oxygen atoms in total. The highest BCUT2D eigenvalue weighted by Crippen LogP contribution is 2.53. The summed E-state index contributed by atoms with van der Waals surface area (Å²) in [6.07, 6.45) is 19.0. The molecule has 0 atom stereocenters. The lowest BCUT2D eigenvalue weighted by Crippen LogP contribution is -2.25. The zero-order chi connectivity index (χ0) is 21.8. The Kier molecular flexibility index (Phi) is 11.2. The van der Waals surface area contributed by atoms with Crippen molar-refractivity contribution in [3.05, 3.63) is 59.7 Å². The van der Waals surface area contributed by atoms with E-state index >= 15 is 0 Å². The normalized spacial score (nSPS) is 13.9. The van der Waals surface area contributed by atoms with Crippen molar-refractivity contribution < 1.29 is 0 Å². The first-order chi connectivity index (χ1) is 15.3. The molecule has 0 saturated carbocycles. The van der Waals surface area contributed by atoms with E-state index in [4.69, 9.17) is 0 Å². The highest BCUT2D eigenvalue weighted by molar-refractivity contribution is 9.09. The van der Waals surface area contributed by atoms with E-state index < -0.39 is 0 Å². The molecule has 0 unspecified atom stereocenters. The molecule has 170 valence electrons. The van der Waals surface area contributed by atoms with Gasteiger partial charge in [0.1, 0.15) is 0 Å². The van der Waals surface area contributed by atoms with Gasteiger partial charge in [-0.2, -0.15) is 0 Å². The van der Waals surface area contributed by atoms with Gasteiger partial charge in [0, 0.05) is 16.1 Å². The highest BCUT2D eigenvalue weighted by Gasteiger charge is 2.41. The van der Waals surface area contributed by atoms with Crippen LogP contribution in [0.5, 0.6) is 0 Å². The number of hydrogen-bond donors (Lipinski definition) is 0. The van der Waals surface area contributed by atoms with Crippen LogP contribution in [0.2, 0.25) is 0 Å². The van der Waals surface area contributed by atoms with E-state index in [9.17, 15) is 0 Å². The number of halogens is 2. The van der Waals surface area contributed by atoms with Crippen molar-refractivity contribution in [3.8, 4) is 11.1 Å². The van der Waals surface area contributed by atoms with E-state index in [-0.39, 0.29) is 5.41 Å². The van der Waals surface area contributed by atoms with E-state index in [0.29, 0.717) is 0 Å². The summed E-state index contributed by atoms with van der Waals surface area (Å²) in [6, 6.07) is 18.6. The SMILES string of the molecule is BrCCCCCCCCC1(CCCCCCCCBr)c2ccccc2-c2ccccc21. The average Bonchev–Trinajstić information content (AvgIpc) is 3.08. The third-order valence-corrected chi connectivity index (χ3v) is 8.27. The number of alkyl halides is 2.